The molecule has 0 spiro atoms. The lowest BCUT2D eigenvalue weighted by molar-refractivity contribution is 0.324. The molecule has 0 saturated carbocycles. The van der Waals surface area contributed by atoms with Gasteiger partial charge in [-0.3, -0.25) is 0 Å². The van der Waals surface area contributed by atoms with E-state index < -0.39 is 10.0 Å². The Morgan fingerprint density at radius 3 is 1.90 bits per heavy atom. The van der Waals surface area contributed by atoms with Crippen LogP contribution in [0.4, 0.5) is 0 Å². The quantitative estimate of drug-likeness (QED) is 0.502. The van der Waals surface area contributed by atoms with E-state index in [-0.39, 0.29) is 11.4 Å². The van der Waals surface area contributed by atoms with Gasteiger partial charge in [0.1, 0.15) is 0 Å². The molecule has 0 heterocycles. The highest BCUT2D eigenvalue weighted by Crippen LogP contribution is 2.38. The number of benzene rings is 3. The highest BCUT2D eigenvalue weighted by Gasteiger charge is 2.13. The molecule has 0 amide bonds. The summed E-state index contributed by atoms with van der Waals surface area (Å²) in [6.45, 7) is 0.216. The van der Waals surface area contributed by atoms with Crippen molar-refractivity contribution in [3.63, 3.8) is 0 Å². The number of hydrogen-bond acceptors (Lipinski definition) is 5. The zero-order chi connectivity index (χ0) is 22.3. The van der Waals surface area contributed by atoms with Gasteiger partial charge >= 0.3 is 0 Å². The van der Waals surface area contributed by atoms with Crippen molar-refractivity contribution >= 4 is 22.2 Å². The Morgan fingerprint density at radius 2 is 1.35 bits per heavy atom. The van der Waals surface area contributed by atoms with Crippen LogP contribution < -0.4 is 18.9 Å². The molecule has 3 rings (SSSR count). The van der Waals surface area contributed by atoms with Crippen LogP contribution in [0.3, 0.4) is 0 Å². The SMILES string of the molecule is COc1cc(/C=C\c2ccc(CNS(=O)(=O)c3ccccc3)cc2)cc(OC)c1OC. The van der Waals surface area contributed by atoms with Crippen molar-refractivity contribution < 1.29 is 22.6 Å². The van der Waals surface area contributed by atoms with Crippen LogP contribution >= 0.6 is 0 Å². The molecular formula is C24H25NO5S. The van der Waals surface area contributed by atoms with Crippen molar-refractivity contribution in [2.45, 2.75) is 11.4 Å². The van der Waals surface area contributed by atoms with Crippen LogP contribution in [-0.2, 0) is 16.6 Å². The predicted octanol–water partition coefficient (Wildman–Crippen LogP) is 4.36. The Hall–Kier alpha value is -3.29. The lowest BCUT2D eigenvalue weighted by Gasteiger charge is -2.12. The monoisotopic (exact) mass is 439 g/mol. The van der Waals surface area contributed by atoms with Crippen molar-refractivity contribution in [3.8, 4) is 17.2 Å². The molecule has 7 heteroatoms. The standard InChI is InChI=1S/C24H25NO5S/c1-28-22-15-20(16-23(29-2)24(22)30-3)14-11-18-9-12-19(13-10-18)17-25-31(26,27)21-7-5-4-6-8-21/h4-16,25H,17H2,1-3H3/b14-11-. The molecule has 1 N–H and O–H groups in total. The highest BCUT2D eigenvalue weighted by atomic mass is 32.2. The Bertz CT molecular complexity index is 1120. The van der Waals surface area contributed by atoms with Gasteiger partial charge in [-0.2, -0.15) is 0 Å². The fourth-order valence-electron chi connectivity index (χ4n) is 3.00. The maximum Gasteiger partial charge on any atom is 0.240 e. The van der Waals surface area contributed by atoms with E-state index in [2.05, 4.69) is 4.72 Å². The van der Waals surface area contributed by atoms with E-state index >= 15 is 0 Å². The number of hydrogen-bond donors (Lipinski definition) is 1. The van der Waals surface area contributed by atoms with Crippen molar-refractivity contribution in [3.05, 3.63) is 83.4 Å². The zero-order valence-electron chi connectivity index (χ0n) is 17.7. The first kappa shape index (κ1) is 22.4. The molecule has 0 aromatic heterocycles. The first-order chi connectivity index (χ1) is 15.0. The minimum Gasteiger partial charge on any atom is -0.493 e. The Labute approximate surface area is 183 Å². The van der Waals surface area contributed by atoms with Gasteiger partial charge in [0.05, 0.1) is 26.2 Å². The van der Waals surface area contributed by atoms with Gasteiger partial charge < -0.3 is 14.2 Å². The molecule has 6 nitrogen and oxygen atoms in total. The van der Waals surface area contributed by atoms with Gasteiger partial charge in [0, 0.05) is 6.54 Å². The zero-order valence-corrected chi connectivity index (χ0v) is 18.5. The molecule has 0 radical (unpaired) electrons. The van der Waals surface area contributed by atoms with Crippen LogP contribution in [0.5, 0.6) is 17.2 Å². The van der Waals surface area contributed by atoms with E-state index in [9.17, 15) is 8.42 Å². The summed E-state index contributed by atoms with van der Waals surface area (Å²) in [5.74, 6) is 1.72. The largest absolute Gasteiger partial charge is 0.493 e. The number of sulfonamides is 1. The minimum atomic E-state index is -3.53. The summed E-state index contributed by atoms with van der Waals surface area (Å²) in [5, 5.41) is 0. The molecule has 3 aromatic rings. The van der Waals surface area contributed by atoms with E-state index in [4.69, 9.17) is 14.2 Å². The predicted molar refractivity (Wildman–Crippen MR) is 122 cm³/mol. The van der Waals surface area contributed by atoms with Crippen molar-refractivity contribution in [1.29, 1.82) is 0 Å². The summed E-state index contributed by atoms with van der Waals surface area (Å²) in [6, 6.07) is 19.7. The number of ether oxygens (including phenoxy) is 3. The summed E-state index contributed by atoms with van der Waals surface area (Å²) in [5.41, 5.74) is 2.74. The van der Waals surface area contributed by atoms with Crippen molar-refractivity contribution in [1.82, 2.24) is 4.72 Å². The molecular weight excluding hydrogens is 414 g/mol. The number of nitrogens with one attached hydrogen (secondary N) is 1. The van der Waals surface area contributed by atoms with Gasteiger partial charge in [0.15, 0.2) is 11.5 Å². The molecule has 0 aliphatic rings. The van der Waals surface area contributed by atoms with E-state index in [0.29, 0.717) is 17.2 Å². The molecule has 0 aliphatic carbocycles. The second-order valence-corrected chi connectivity index (χ2v) is 8.44. The van der Waals surface area contributed by atoms with Crippen LogP contribution in [0.25, 0.3) is 12.2 Å². The summed E-state index contributed by atoms with van der Waals surface area (Å²) in [4.78, 5) is 0.250. The lowest BCUT2D eigenvalue weighted by atomic mass is 10.1. The smallest absolute Gasteiger partial charge is 0.240 e. The Balaban J connectivity index is 1.69. The molecule has 0 aliphatic heterocycles. The van der Waals surface area contributed by atoms with Gasteiger partial charge in [-0.15, -0.1) is 0 Å². The van der Waals surface area contributed by atoms with Gasteiger partial charge in [0.25, 0.3) is 0 Å². The average molecular weight is 440 g/mol. The summed E-state index contributed by atoms with van der Waals surface area (Å²) >= 11 is 0. The summed E-state index contributed by atoms with van der Waals surface area (Å²) in [6.07, 6.45) is 3.90. The van der Waals surface area contributed by atoms with E-state index in [0.717, 1.165) is 16.7 Å². The van der Waals surface area contributed by atoms with Crippen molar-refractivity contribution in [2.75, 3.05) is 21.3 Å². The molecule has 0 saturated heterocycles. The third-order valence-corrected chi connectivity index (χ3v) is 6.07. The first-order valence-corrected chi connectivity index (χ1v) is 11.1. The second kappa shape index (κ2) is 10.1. The topological polar surface area (TPSA) is 73.9 Å². The van der Waals surface area contributed by atoms with Crippen LogP contribution in [0, 0.1) is 0 Å². The molecule has 162 valence electrons. The van der Waals surface area contributed by atoms with E-state index in [1.807, 2.05) is 48.6 Å². The number of methoxy groups -OCH3 is 3. The lowest BCUT2D eigenvalue weighted by Crippen LogP contribution is -2.23. The van der Waals surface area contributed by atoms with Crippen LogP contribution in [-0.4, -0.2) is 29.7 Å². The summed E-state index contributed by atoms with van der Waals surface area (Å²) < 4.78 is 43.4. The molecule has 0 unspecified atom stereocenters. The minimum absolute atomic E-state index is 0.216. The Kier molecular flexibility index (Phi) is 7.33. The van der Waals surface area contributed by atoms with Crippen LogP contribution in [0.1, 0.15) is 16.7 Å². The van der Waals surface area contributed by atoms with Gasteiger partial charge in [-0.25, -0.2) is 13.1 Å². The molecule has 3 aromatic carbocycles. The van der Waals surface area contributed by atoms with Gasteiger partial charge in [0.2, 0.25) is 15.8 Å². The van der Waals surface area contributed by atoms with Gasteiger partial charge in [-0.05, 0) is 41.0 Å². The van der Waals surface area contributed by atoms with Crippen LogP contribution in [0.2, 0.25) is 0 Å². The summed E-state index contributed by atoms with van der Waals surface area (Å²) in [7, 11) is 1.19. The van der Waals surface area contributed by atoms with E-state index in [1.165, 1.54) is 0 Å². The molecule has 0 atom stereocenters. The third-order valence-electron chi connectivity index (χ3n) is 4.65. The maximum atomic E-state index is 12.3. The fourth-order valence-corrected chi connectivity index (χ4v) is 4.04. The second-order valence-electron chi connectivity index (χ2n) is 6.67. The van der Waals surface area contributed by atoms with Crippen LogP contribution in [0.15, 0.2) is 71.6 Å². The first-order valence-electron chi connectivity index (χ1n) is 9.58. The van der Waals surface area contributed by atoms with E-state index in [1.54, 1.807) is 51.7 Å². The molecule has 0 fully saturated rings. The molecule has 31 heavy (non-hydrogen) atoms. The maximum absolute atomic E-state index is 12.3. The molecule has 0 bridgehead atoms. The Morgan fingerprint density at radius 1 is 0.774 bits per heavy atom. The normalized spacial score (nSPS) is 11.5. The van der Waals surface area contributed by atoms with Crippen molar-refractivity contribution in [2.24, 2.45) is 0 Å². The highest BCUT2D eigenvalue weighted by molar-refractivity contribution is 7.89. The average Bonchev–Trinajstić information content (AvgIpc) is 2.81. The third kappa shape index (κ3) is 5.65. The fraction of sp³-hybridized carbons (Fsp3) is 0.167. The van der Waals surface area contributed by atoms with Gasteiger partial charge in [-0.1, -0.05) is 54.6 Å². The number of rotatable bonds is 9.